The van der Waals surface area contributed by atoms with E-state index in [0.29, 0.717) is 5.82 Å². The van der Waals surface area contributed by atoms with Gasteiger partial charge in [-0.15, -0.1) is 10.2 Å². The topological polar surface area (TPSA) is 81.7 Å². The summed E-state index contributed by atoms with van der Waals surface area (Å²) in [4.78, 5) is 0. The molecule has 2 aromatic heterocycles. The Hall–Kier alpha value is -1.95. The van der Waals surface area contributed by atoms with Crippen LogP contribution in [0.25, 0.3) is 11.4 Å². The van der Waals surface area contributed by atoms with E-state index >= 15 is 0 Å². The molecule has 2 rings (SSSR count). The second-order valence-corrected chi connectivity index (χ2v) is 2.79. The number of anilines is 1. The molecule has 0 aliphatic rings. The van der Waals surface area contributed by atoms with Gasteiger partial charge < -0.3 is 5.43 Å². The van der Waals surface area contributed by atoms with E-state index in [-0.39, 0.29) is 0 Å². The maximum absolute atomic E-state index is 5.18. The Morgan fingerprint density at radius 1 is 1.29 bits per heavy atom. The van der Waals surface area contributed by atoms with Crippen LogP contribution in [0.15, 0.2) is 24.4 Å². The molecule has 6 heteroatoms. The van der Waals surface area contributed by atoms with E-state index < -0.39 is 0 Å². The number of nitrogen functional groups attached to an aromatic ring is 1. The number of hydrogen-bond donors (Lipinski definition) is 2. The van der Waals surface area contributed by atoms with Gasteiger partial charge >= 0.3 is 0 Å². The molecule has 2 heterocycles. The van der Waals surface area contributed by atoms with Crippen LogP contribution in [0, 0.1) is 0 Å². The smallest absolute Gasteiger partial charge is 0.162 e. The molecule has 72 valence electrons. The lowest BCUT2D eigenvalue weighted by Gasteiger charge is -2.01. The van der Waals surface area contributed by atoms with Crippen molar-refractivity contribution in [2.75, 3.05) is 5.43 Å². The van der Waals surface area contributed by atoms with Crippen LogP contribution in [0.4, 0.5) is 5.82 Å². The first-order valence-electron chi connectivity index (χ1n) is 4.10. The molecule has 0 fully saturated rings. The Balaban J connectivity index is 2.39. The van der Waals surface area contributed by atoms with E-state index in [2.05, 4.69) is 20.7 Å². The molecule has 0 spiro atoms. The van der Waals surface area contributed by atoms with Crippen molar-refractivity contribution < 1.29 is 0 Å². The van der Waals surface area contributed by atoms with Crippen molar-refractivity contribution in [3.63, 3.8) is 0 Å². The number of hydrogen-bond acceptors (Lipinski definition) is 5. The lowest BCUT2D eigenvalue weighted by Crippen LogP contribution is -2.09. The van der Waals surface area contributed by atoms with Gasteiger partial charge in [-0.1, -0.05) is 0 Å². The van der Waals surface area contributed by atoms with Crippen LogP contribution >= 0.6 is 0 Å². The van der Waals surface area contributed by atoms with E-state index in [9.17, 15) is 0 Å². The van der Waals surface area contributed by atoms with Crippen LogP contribution in [0.5, 0.6) is 0 Å². The number of aromatic nitrogens is 4. The highest BCUT2D eigenvalue weighted by molar-refractivity contribution is 5.54. The van der Waals surface area contributed by atoms with E-state index in [1.165, 1.54) is 0 Å². The molecule has 0 aliphatic carbocycles. The Morgan fingerprint density at radius 2 is 2.14 bits per heavy atom. The molecular formula is C8H10N6. The molecule has 0 amide bonds. The quantitative estimate of drug-likeness (QED) is 0.521. The van der Waals surface area contributed by atoms with Gasteiger partial charge in [0.2, 0.25) is 0 Å². The summed E-state index contributed by atoms with van der Waals surface area (Å²) >= 11 is 0. The van der Waals surface area contributed by atoms with E-state index in [1.807, 2.05) is 19.2 Å². The van der Waals surface area contributed by atoms with Gasteiger partial charge in [-0.05, 0) is 18.2 Å². The largest absolute Gasteiger partial charge is 0.307 e. The third kappa shape index (κ3) is 1.42. The standard InChI is InChI=1S/C8H10N6/c1-14-7(4-5-10-14)6-2-3-8(11-9)13-12-6/h2-5H,9H2,1H3,(H,11,13). The monoisotopic (exact) mass is 190 g/mol. The molecular weight excluding hydrogens is 180 g/mol. The Bertz CT molecular complexity index is 418. The third-order valence-electron chi connectivity index (χ3n) is 1.90. The van der Waals surface area contributed by atoms with Crippen LogP contribution in [-0.2, 0) is 7.05 Å². The summed E-state index contributed by atoms with van der Waals surface area (Å²) in [5, 5.41) is 11.9. The van der Waals surface area contributed by atoms with Crippen molar-refractivity contribution in [1.82, 2.24) is 20.0 Å². The lowest BCUT2D eigenvalue weighted by molar-refractivity contribution is 0.771. The summed E-state index contributed by atoms with van der Waals surface area (Å²) < 4.78 is 1.74. The van der Waals surface area contributed by atoms with Crippen molar-refractivity contribution in [3.05, 3.63) is 24.4 Å². The molecule has 0 bridgehead atoms. The van der Waals surface area contributed by atoms with Crippen molar-refractivity contribution >= 4 is 5.82 Å². The summed E-state index contributed by atoms with van der Waals surface area (Å²) in [7, 11) is 1.85. The van der Waals surface area contributed by atoms with Gasteiger partial charge in [0.05, 0.1) is 5.69 Å². The van der Waals surface area contributed by atoms with Crippen LogP contribution in [-0.4, -0.2) is 20.0 Å². The summed E-state index contributed by atoms with van der Waals surface area (Å²) in [6, 6.07) is 5.47. The number of nitrogens with two attached hydrogens (primary N) is 1. The fraction of sp³-hybridized carbons (Fsp3) is 0.125. The lowest BCUT2D eigenvalue weighted by atomic mass is 10.3. The molecule has 0 saturated carbocycles. The number of nitrogens with zero attached hydrogens (tertiary/aromatic N) is 4. The van der Waals surface area contributed by atoms with Crippen LogP contribution in [0.2, 0.25) is 0 Å². The van der Waals surface area contributed by atoms with Crippen LogP contribution in [0.1, 0.15) is 0 Å². The fourth-order valence-electron chi connectivity index (χ4n) is 1.17. The fourth-order valence-corrected chi connectivity index (χ4v) is 1.17. The zero-order valence-corrected chi connectivity index (χ0v) is 7.68. The average molecular weight is 190 g/mol. The van der Waals surface area contributed by atoms with Crippen LogP contribution < -0.4 is 11.3 Å². The summed E-state index contributed by atoms with van der Waals surface area (Å²) in [6.07, 6.45) is 1.71. The molecule has 0 aromatic carbocycles. The zero-order valence-electron chi connectivity index (χ0n) is 7.68. The summed E-state index contributed by atoms with van der Waals surface area (Å²) in [5.74, 6) is 5.72. The van der Waals surface area contributed by atoms with E-state index in [0.717, 1.165) is 11.4 Å². The highest BCUT2D eigenvalue weighted by Gasteiger charge is 2.03. The van der Waals surface area contributed by atoms with Crippen molar-refractivity contribution in [3.8, 4) is 11.4 Å². The predicted octanol–water partition coefficient (Wildman–Crippen LogP) is 0.163. The summed E-state index contributed by atoms with van der Waals surface area (Å²) in [6.45, 7) is 0. The molecule has 0 unspecified atom stereocenters. The van der Waals surface area contributed by atoms with Gasteiger partial charge in [-0.3, -0.25) is 4.68 Å². The number of hydrazine groups is 1. The van der Waals surface area contributed by atoms with E-state index in [4.69, 9.17) is 5.84 Å². The van der Waals surface area contributed by atoms with E-state index in [1.54, 1.807) is 16.9 Å². The third-order valence-corrected chi connectivity index (χ3v) is 1.90. The maximum Gasteiger partial charge on any atom is 0.162 e. The first kappa shape index (κ1) is 8.64. The van der Waals surface area contributed by atoms with Crippen molar-refractivity contribution in [1.29, 1.82) is 0 Å². The Morgan fingerprint density at radius 3 is 2.64 bits per heavy atom. The van der Waals surface area contributed by atoms with Gasteiger partial charge in [0, 0.05) is 13.2 Å². The highest BCUT2D eigenvalue weighted by Crippen LogP contribution is 2.14. The molecule has 0 atom stereocenters. The second-order valence-electron chi connectivity index (χ2n) is 2.79. The molecule has 0 aliphatic heterocycles. The number of rotatable bonds is 2. The van der Waals surface area contributed by atoms with Crippen molar-refractivity contribution in [2.24, 2.45) is 12.9 Å². The normalized spacial score (nSPS) is 10.1. The molecule has 0 radical (unpaired) electrons. The molecule has 3 N–H and O–H groups in total. The zero-order chi connectivity index (χ0) is 9.97. The van der Waals surface area contributed by atoms with Gasteiger partial charge in [0.1, 0.15) is 5.69 Å². The molecule has 0 saturated heterocycles. The molecule has 2 aromatic rings. The average Bonchev–Trinajstić information content (AvgIpc) is 2.65. The first-order valence-corrected chi connectivity index (χ1v) is 4.10. The maximum atomic E-state index is 5.18. The van der Waals surface area contributed by atoms with Gasteiger partial charge in [-0.2, -0.15) is 5.10 Å². The highest BCUT2D eigenvalue weighted by atomic mass is 15.3. The van der Waals surface area contributed by atoms with Crippen molar-refractivity contribution in [2.45, 2.75) is 0 Å². The minimum Gasteiger partial charge on any atom is -0.307 e. The molecule has 14 heavy (non-hydrogen) atoms. The summed E-state index contributed by atoms with van der Waals surface area (Å²) in [5.41, 5.74) is 4.10. The first-order chi connectivity index (χ1) is 6.81. The Kier molecular flexibility index (Phi) is 2.11. The van der Waals surface area contributed by atoms with Gasteiger partial charge in [-0.25, -0.2) is 5.84 Å². The second kappa shape index (κ2) is 3.43. The number of nitrogens with one attached hydrogen (secondary N) is 1. The predicted molar refractivity (Wildman–Crippen MR) is 52.0 cm³/mol. The van der Waals surface area contributed by atoms with Gasteiger partial charge in [0.25, 0.3) is 0 Å². The van der Waals surface area contributed by atoms with Gasteiger partial charge in [0.15, 0.2) is 5.82 Å². The van der Waals surface area contributed by atoms with Crippen LogP contribution in [0.3, 0.4) is 0 Å². The minimum absolute atomic E-state index is 0.538. The minimum atomic E-state index is 0.538. The molecule has 6 nitrogen and oxygen atoms in total. The Labute approximate surface area is 80.7 Å². The number of aryl methyl sites for hydroxylation is 1. The SMILES string of the molecule is Cn1nccc1-c1ccc(NN)nn1.